The van der Waals surface area contributed by atoms with Crippen molar-refractivity contribution in [2.75, 3.05) is 13.2 Å². The van der Waals surface area contributed by atoms with Crippen molar-refractivity contribution in [3.8, 4) is 0 Å². The van der Waals surface area contributed by atoms with Crippen LogP contribution in [0.4, 0.5) is 0 Å². The lowest BCUT2D eigenvalue weighted by Crippen LogP contribution is -2.40. The minimum atomic E-state index is -0.192. The van der Waals surface area contributed by atoms with Crippen molar-refractivity contribution < 1.29 is 9.84 Å². The molecule has 0 radical (unpaired) electrons. The Morgan fingerprint density at radius 2 is 2.45 bits per heavy atom. The summed E-state index contributed by atoms with van der Waals surface area (Å²) in [5.74, 6) is 0. The Bertz CT molecular complexity index is 129. The average molecular weight is 159 g/mol. The molecule has 0 saturated carbocycles. The van der Waals surface area contributed by atoms with E-state index in [9.17, 15) is 0 Å². The maximum absolute atomic E-state index is 8.62. The van der Waals surface area contributed by atoms with Crippen molar-refractivity contribution in [2.24, 2.45) is 0 Å². The largest absolute Gasteiger partial charge is 0.396 e. The van der Waals surface area contributed by atoms with Gasteiger partial charge in [0.1, 0.15) is 5.72 Å². The molecule has 1 aliphatic rings. The van der Waals surface area contributed by atoms with Gasteiger partial charge in [0.2, 0.25) is 0 Å². The zero-order valence-electron chi connectivity index (χ0n) is 7.26. The molecule has 66 valence electrons. The van der Waals surface area contributed by atoms with E-state index in [1.165, 1.54) is 0 Å². The van der Waals surface area contributed by atoms with Gasteiger partial charge in [0, 0.05) is 12.6 Å². The fraction of sp³-hybridized carbons (Fsp3) is 1.00. The van der Waals surface area contributed by atoms with E-state index in [0.717, 1.165) is 19.4 Å². The number of aliphatic hydroxyl groups is 1. The fourth-order valence-electron chi connectivity index (χ4n) is 1.47. The van der Waals surface area contributed by atoms with Gasteiger partial charge < -0.3 is 9.84 Å². The molecule has 2 unspecified atom stereocenters. The molecule has 0 aromatic carbocycles. The summed E-state index contributed by atoms with van der Waals surface area (Å²) < 4.78 is 5.53. The summed E-state index contributed by atoms with van der Waals surface area (Å²) in [6.07, 6.45) is 1.68. The van der Waals surface area contributed by atoms with E-state index in [1.807, 2.05) is 6.92 Å². The summed E-state index contributed by atoms with van der Waals surface area (Å²) >= 11 is 0. The molecule has 3 heteroatoms. The molecule has 0 spiro atoms. The van der Waals surface area contributed by atoms with Gasteiger partial charge in [0.25, 0.3) is 0 Å². The molecule has 0 bridgehead atoms. The monoisotopic (exact) mass is 159 g/mol. The zero-order chi connectivity index (χ0) is 8.32. The van der Waals surface area contributed by atoms with Gasteiger partial charge in [-0.1, -0.05) is 0 Å². The third-order valence-electron chi connectivity index (χ3n) is 2.02. The van der Waals surface area contributed by atoms with E-state index in [0.29, 0.717) is 6.04 Å². The first-order valence-electron chi connectivity index (χ1n) is 4.19. The summed E-state index contributed by atoms with van der Waals surface area (Å²) in [4.78, 5) is 0. The second-order valence-electron chi connectivity index (χ2n) is 3.41. The van der Waals surface area contributed by atoms with E-state index in [-0.39, 0.29) is 12.3 Å². The zero-order valence-corrected chi connectivity index (χ0v) is 7.26. The Labute approximate surface area is 67.7 Å². The Morgan fingerprint density at radius 3 is 2.91 bits per heavy atom. The Balaban J connectivity index is 2.29. The normalized spacial score (nSPS) is 37.9. The molecule has 1 saturated heterocycles. The first-order valence-corrected chi connectivity index (χ1v) is 4.19. The van der Waals surface area contributed by atoms with Gasteiger partial charge >= 0.3 is 0 Å². The van der Waals surface area contributed by atoms with Crippen molar-refractivity contribution in [1.82, 2.24) is 5.32 Å². The van der Waals surface area contributed by atoms with Gasteiger partial charge in [-0.25, -0.2) is 0 Å². The van der Waals surface area contributed by atoms with Gasteiger partial charge in [-0.05, 0) is 26.7 Å². The lowest BCUT2D eigenvalue weighted by atomic mass is 10.1. The van der Waals surface area contributed by atoms with Crippen molar-refractivity contribution >= 4 is 0 Å². The smallest absolute Gasteiger partial charge is 0.116 e. The summed E-state index contributed by atoms with van der Waals surface area (Å²) in [5, 5.41) is 12.0. The highest BCUT2D eigenvalue weighted by molar-refractivity contribution is 4.82. The second-order valence-corrected chi connectivity index (χ2v) is 3.41. The quantitative estimate of drug-likeness (QED) is 0.629. The van der Waals surface area contributed by atoms with Gasteiger partial charge in [-0.3, -0.25) is 5.32 Å². The topological polar surface area (TPSA) is 41.5 Å². The fourth-order valence-corrected chi connectivity index (χ4v) is 1.47. The summed E-state index contributed by atoms with van der Waals surface area (Å²) in [7, 11) is 0. The lowest BCUT2D eigenvalue weighted by Gasteiger charge is -2.23. The molecule has 1 heterocycles. The minimum Gasteiger partial charge on any atom is -0.396 e. The SMILES string of the molecule is CC1COC(C)(CCCO)N1. The number of aliphatic hydroxyl groups excluding tert-OH is 1. The highest BCUT2D eigenvalue weighted by Crippen LogP contribution is 2.20. The Morgan fingerprint density at radius 1 is 1.73 bits per heavy atom. The predicted molar refractivity (Wildman–Crippen MR) is 43.3 cm³/mol. The first kappa shape index (κ1) is 8.97. The van der Waals surface area contributed by atoms with E-state index in [4.69, 9.17) is 9.84 Å². The molecule has 3 nitrogen and oxygen atoms in total. The van der Waals surface area contributed by atoms with Crippen molar-refractivity contribution in [3.05, 3.63) is 0 Å². The van der Waals surface area contributed by atoms with E-state index in [2.05, 4.69) is 12.2 Å². The molecule has 11 heavy (non-hydrogen) atoms. The van der Waals surface area contributed by atoms with Crippen LogP contribution in [0.2, 0.25) is 0 Å². The Hall–Kier alpha value is -0.120. The molecule has 2 atom stereocenters. The van der Waals surface area contributed by atoms with Crippen LogP contribution in [0.1, 0.15) is 26.7 Å². The molecule has 1 rings (SSSR count). The molecular formula is C8H17NO2. The lowest BCUT2D eigenvalue weighted by molar-refractivity contribution is -0.00519. The third kappa shape index (κ3) is 2.43. The summed E-state index contributed by atoms with van der Waals surface area (Å²) in [6.45, 7) is 5.16. The van der Waals surface area contributed by atoms with Crippen LogP contribution in [0.3, 0.4) is 0 Å². The molecule has 0 aromatic rings. The van der Waals surface area contributed by atoms with Crippen LogP contribution in [0.5, 0.6) is 0 Å². The minimum absolute atomic E-state index is 0.192. The van der Waals surface area contributed by atoms with E-state index in [1.54, 1.807) is 0 Å². The molecule has 1 aliphatic heterocycles. The first-order chi connectivity index (χ1) is 5.16. The van der Waals surface area contributed by atoms with E-state index >= 15 is 0 Å². The van der Waals surface area contributed by atoms with Gasteiger partial charge in [-0.15, -0.1) is 0 Å². The van der Waals surface area contributed by atoms with Crippen LogP contribution in [0, 0.1) is 0 Å². The van der Waals surface area contributed by atoms with Gasteiger partial charge in [0.15, 0.2) is 0 Å². The number of nitrogens with one attached hydrogen (secondary N) is 1. The number of ether oxygens (including phenoxy) is 1. The highest BCUT2D eigenvalue weighted by atomic mass is 16.5. The number of hydrogen-bond donors (Lipinski definition) is 2. The summed E-state index contributed by atoms with van der Waals surface area (Å²) in [6, 6.07) is 0.443. The molecule has 0 aliphatic carbocycles. The maximum atomic E-state index is 8.62. The highest BCUT2D eigenvalue weighted by Gasteiger charge is 2.32. The molecule has 2 N–H and O–H groups in total. The molecule has 1 fully saturated rings. The van der Waals surface area contributed by atoms with Crippen LogP contribution in [-0.2, 0) is 4.74 Å². The molecule has 0 amide bonds. The number of hydrogen-bond acceptors (Lipinski definition) is 3. The number of rotatable bonds is 3. The van der Waals surface area contributed by atoms with Gasteiger partial charge in [-0.2, -0.15) is 0 Å². The van der Waals surface area contributed by atoms with Crippen molar-refractivity contribution in [3.63, 3.8) is 0 Å². The predicted octanol–water partition coefficient (Wildman–Crippen LogP) is 0.483. The van der Waals surface area contributed by atoms with Crippen LogP contribution in [-0.4, -0.2) is 30.1 Å². The standard InChI is InChI=1S/C8H17NO2/c1-7-6-11-8(2,9-7)4-3-5-10/h7,9-10H,3-6H2,1-2H3. The van der Waals surface area contributed by atoms with Crippen LogP contribution in [0.15, 0.2) is 0 Å². The van der Waals surface area contributed by atoms with Crippen molar-refractivity contribution in [2.45, 2.75) is 38.5 Å². The molecule has 0 aromatic heterocycles. The molecular weight excluding hydrogens is 142 g/mol. The van der Waals surface area contributed by atoms with E-state index < -0.39 is 0 Å². The maximum Gasteiger partial charge on any atom is 0.116 e. The van der Waals surface area contributed by atoms with Crippen molar-refractivity contribution in [1.29, 1.82) is 0 Å². The van der Waals surface area contributed by atoms with Crippen LogP contribution in [0.25, 0.3) is 0 Å². The average Bonchev–Trinajstić information content (AvgIpc) is 2.28. The third-order valence-corrected chi connectivity index (χ3v) is 2.02. The van der Waals surface area contributed by atoms with Gasteiger partial charge in [0.05, 0.1) is 6.61 Å². The Kier molecular flexibility index (Phi) is 2.87. The van der Waals surface area contributed by atoms with Crippen LogP contribution >= 0.6 is 0 Å². The summed E-state index contributed by atoms with van der Waals surface area (Å²) in [5.41, 5.74) is -0.192. The van der Waals surface area contributed by atoms with Crippen LogP contribution < -0.4 is 5.32 Å². The second kappa shape index (κ2) is 3.52.